The number of carbonyl (C=O) groups is 2. The zero-order valence-electron chi connectivity index (χ0n) is 12.2. The van der Waals surface area contributed by atoms with Crippen molar-refractivity contribution in [1.82, 2.24) is 4.90 Å². The molecule has 1 aliphatic rings. The maximum atomic E-state index is 12.2. The van der Waals surface area contributed by atoms with Gasteiger partial charge in [0, 0.05) is 6.54 Å². The first-order valence-electron chi connectivity index (χ1n) is 6.54. The topological polar surface area (TPSA) is 81.9 Å². The number of piperidine rings is 1. The van der Waals surface area contributed by atoms with Crippen LogP contribution in [0.2, 0.25) is 0 Å². The van der Waals surface area contributed by atoms with E-state index in [0.29, 0.717) is 13.0 Å². The predicted molar refractivity (Wildman–Crippen MR) is 70.3 cm³/mol. The van der Waals surface area contributed by atoms with E-state index >= 15 is 0 Å². The fraction of sp³-hybridized carbons (Fsp3) is 0.846. The van der Waals surface area contributed by atoms with Crippen molar-refractivity contribution in [3.8, 4) is 0 Å². The maximum Gasteiger partial charge on any atom is 0.411 e. The quantitative estimate of drug-likeness (QED) is 0.772. The van der Waals surface area contributed by atoms with Crippen LogP contribution in [-0.4, -0.2) is 41.9 Å². The summed E-state index contributed by atoms with van der Waals surface area (Å²) in [5.41, 5.74) is 4.63. The number of amides is 1. The van der Waals surface area contributed by atoms with Crippen LogP contribution >= 0.6 is 0 Å². The summed E-state index contributed by atoms with van der Waals surface area (Å²) in [6, 6.07) is 0. The Morgan fingerprint density at radius 2 is 1.95 bits per heavy atom. The van der Waals surface area contributed by atoms with Gasteiger partial charge in [-0.3, -0.25) is 9.69 Å². The second-order valence-electron chi connectivity index (χ2n) is 5.95. The average Bonchev–Trinajstić information content (AvgIpc) is 2.26. The van der Waals surface area contributed by atoms with E-state index in [9.17, 15) is 9.59 Å². The minimum Gasteiger partial charge on any atom is -0.469 e. The fourth-order valence-corrected chi connectivity index (χ4v) is 2.15. The molecule has 2 N–H and O–H groups in total. The molecule has 6 nitrogen and oxygen atoms in total. The van der Waals surface area contributed by atoms with Gasteiger partial charge in [-0.1, -0.05) is 0 Å². The number of nitrogens with zero attached hydrogens (tertiary/aromatic N) is 1. The molecule has 1 heterocycles. The van der Waals surface area contributed by atoms with Crippen LogP contribution in [0.1, 0.15) is 46.5 Å². The van der Waals surface area contributed by atoms with Gasteiger partial charge in [0.15, 0.2) is 0 Å². The maximum absolute atomic E-state index is 12.2. The van der Waals surface area contributed by atoms with Crippen LogP contribution in [0.3, 0.4) is 0 Å². The Morgan fingerprint density at radius 1 is 1.32 bits per heavy atom. The third kappa shape index (κ3) is 4.38. The molecular weight excluding hydrogens is 248 g/mol. The minimum atomic E-state index is -1.01. The van der Waals surface area contributed by atoms with Crippen molar-refractivity contribution in [1.29, 1.82) is 0 Å². The summed E-state index contributed by atoms with van der Waals surface area (Å²) in [6.45, 7) is 5.90. The van der Waals surface area contributed by atoms with Gasteiger partial charge in [-0.05, 0) is 40.0 Å². The second-order valence-corrected chi connectivity index (χ2v) is 5.95. The normalized spacial score (nSPS) is 23.9. The number of likely N-dealkylation sites (tertiary alicyclic amines) is 1. The van der Waals surface area contributed by atoms with Gasteiger partial charge in [0.25, 0.3) is 0 Å². The Labute approximate surface area is 114 Å². The molecule has 0 radical (unpaired) electrons. The number of esters is 1. The van der Waals surface area contributed by atoms with Gasteiger partial charge in [-0.15, -0.1) is 0 Å². The molecule has 0 aromatic rings. The summed E-state index contributed by atoms with van der Waals surface area (Å²) in [7, 11) is 1.31. The third-order valence-corrected chi connectivity index (χ3v) is 3.07. The molecule has 0 aromatic heterocycles. The molecule has 0 saturated carbocycles. The van der Waals surface area contributed by atoms with Gasteiger partial charge >= 0.3 is 12.1 Å². The monoisotopic (exact) mass is 272 g/mol. The molecule has 0 aliphatic carbocycles. The smallest absolute Gasteiger partial charge is 0.411 e. The number of hydrogen-bond donors (Lipinski definition) is 1. The molecule has 1 aliphatic heterocycles. The number of nitrogens with two attached hydrogens (primary N) is 1. The van der Waals surface area contributed by atoms with E-state index in [0.717, 1.165) is 12.8 Å². The van der Waals surface area contributed by atoms with E-state index in [1.54, 1.807) is 20.8 Å². The van der Waals surface area contributed by atoms with E-state index in [4.69, 9.17) is 10.5 Å². The van der Waals surface area contributed by atoms with E-state index in [1.807, 2.05) is 0 Å². The molecule has 0 bridgehead atoms. The average molecular weight is 272 g/mol. The van der Waals surface area contributed by atoms with Crippen LogP contribution in [0, 0.1) is 0 Å². The van der Waals surface area contributed by atoms with Crippen LogP contribution in [0.5, 0.6) is 0 Å². The highest BCUT2D eigenvalue weighted by Crippen LogP contribution is 2.28. The summed E-state index contributed by atoms with van der Waals surface area (Å²) >= 11 is 0. The summed E-state index contributed by atoms with van der Waals surface area (Å²) in [5, 5.41) is 0. The van der Waals surface area contributed by atoms with E-state index in [-0.39, 0.29) is 6.42 Å². The lowest BCUT2D eigenvalue weighted by molar-refractivity contribution is -0.144. The summed E-state index contributed by atoms with van der Waals surface area (Å²) < 4.78 is 9.99. The molecule has 1 fully saturated rings. The molecule has 110 valence electrons. The van der Waals surface area contributed by atoms with Crippen LogP contribution in [0.15, 0.2) is 0 Å². The molecule has 6 heteroatoms. The molecule has 1 amide bonds. The van der Waals surface area contributed by atoms with Crippen LogP contribution in [-0.2, 0) is 14.3 Å². The van der Waals surface area contributed by atoms with Crippen molar-refractivity contribution >= 4 is 12.1 Å². The number of ether oxygens (including phenoxy) is 2. The zero-order valence-corrected chi connectivity index (χ0v) is 12.2. The first-order chi connectivity index (χ1) is 8.68. The Hall–Kier alpha value is -1.30. The largest absolute Gasteiger partial charge is 0.469 e. The molecular formula is C13H24N2O4. The lowest BCUT2D eigenvalue weighted by atomic mass is 9.93. The van der Waals surface area contributed by atoms with Gasteiger partial charge < -0.3 is 15.2 Å². The molecule has 1 rings (SSSR count). The van der Waals surface area contributed by atoms with Gasteiger partial charge in [-0.25, -0.2) is 4.79 Å². The molecule has 1 unspecified atom stereocenters. The first-order valence-corrected chi connectivity index (χ1v) is 6.54. The predicted octanol–water partition coefficient (Wildman–Crippen LogP) is 1.63. The molecule has 1 saturated heterocycles. The highest BCUT2D eigenvalue weighted by atomic mass is 16.6. The van der Waals surface area contributed by atoms with E-state index < -0.39 is 23.3 Å². The van der Waals surface area contributed by atoms with E-state index in [2.05, 4.69) is 4.74 Å². The van der Waals surface area contributed by atoms with Gasteiger partial charge in [-0.2, -0.15) is 0 Å². The molecule has 1 atom stereocenters. The highest BCUT2D eigenvalue weighted by Gasteiger charge is 2.42. The minimum absolute atomic E-state index is 0.0112. The van der Waals surface area contributed by atoms with Gasteiger partial charge in [0.2, 0.25) is 0 Å². The lowest BCUT2D eigenvalue weighted by Crippen LogP contribution is -2.62. The Morgan fingerprint density at radius 3 is 2.47 bits per heavy atom. The zero-order chi connectivity index (χ0) is 14.7. The van der Waals surface area contributed by atoms with Crippen LogP contribution < -0.4 is 5.73 Å². The van der Waals surface area contributed by atoms with Crippen molar-refractivity contribution in [3.05, 3.63) is 0 Å². The lowest BCUT2D eigenvalue weighted by Gasteiger charge is -2.43. The van der Waals surface area contributed by atoms with Crippen molar-refractivity contribution < 1.29 is 19.1 Å². The van der Waals surface area contributed by atoms with Crippen LogP contribution in [0.25, 0.3) is 0 Å². The number of rotatable bonds is 2. The van der Waals surface area contributed by atoms with Gasteiger partial charge in [0.05, 0.1) is 13.5 Å². The van der Waals surface area contributed by atoms with Crippen molar-refractivity contribution in [2.75, 3.05) is 13.7 Å². The van der Waals surface area contributed by atoms with Crippen molar-refractivity contribution in [3.63, 3.8) is 0 Å². The molecule has 0 spiro atoms. The number of methoxy groups -OCH3 is 1. The summed E-state index contributed by atoms with van der Waals surface area (Å²) in [6.07, 6.45) is 1.83. The fourth-order valence-electron chi connectivity index (χ4n) is 2.15. The third-order valence-electron chi connectivity index (χ3n) is 3.07. The first kappa shape index (κ1) is 15.8. The standard InChI is InChI=1S/C13H24N2O4/c1-12(2,3)19-11(17)15-8-6-5-7-13(15,14)9-10(16)18-4/h5-9,14H2,1-4H3. The van der Waals surface area contributed by atoms with Crippen molar-refractivity contribution in [2.45, 2.75) is 57.7 Å². The summed E-state index contributed by atoms with van der Waals surface area (Å²) in [4.78, 5) is 25.1. The molecule has 0 aromatic carbocycles. The Balaban J connectivity index is 2.82. The molecule has 19 heavy (non-hydrogen) atoms. The van der Waals surface area contributed by atoms with Gasteiger partial charge in [0.1, 0.15) is 11.3 Å². The Kier molecular flexibility index (Phi) is 4.79. The number of carbonyl (C=O) groups excluding carboxylic acids is 2. The summed E-state index contributed by atoms with van der Waals surface area (Å²) in [5.74, 6) is -0.419. The Bertz CT molecular complexity index is 351. The number of hydrogen-bond acceptors (Lipinski definition) is 5. The van der Waals surface area contributed by atoms with Crippen molar-refractivity contribution in [2.24, 2.45) is 5.73 Å². The highest BCUT2D eigenvalue weighted by molar-refractivity contribution is 5.74. The SMILES string of the molecule is COC(=O)CC1(N)CCCCN1C(=O)OC(C)(C)C. The van der Waals surface area contributed by atoms with Crippen LogP contribution in [0.4, 0.5) is 4.79 Å². The van der Waals surface area contributed by atoms with E-state index in [1.165, 1.54) is 12.0 Å². The second kappa shape index (κ2) is 5.77.